The van der Waals surface area contributed by atoms with Gasteiger partial charge in [-0.3, -0.25) is 9.59 Å². The third-order valence-electron chi connectivity index (χ3n) is 9.85. The van der Waals surface area contributed by atoms with Crippen LogP contribution >= 0.6 is 0 Å². The van der Waals surface area contributed by atoms with Crippen LogP contribution in [0.15, 0.2) is 48.6 Å². The fourth-order valence-corrected chi connectivity index (χ4v) is 6.43. The number of ether oxygens (including phenoxy) is 1. The second-order valence-electron chi connectivity index (χ2n) is 15.1. The van der Waals surface area contributed by atoms with E-state index in [0.29, 0.717) is 32.2 Å². The van der Waals surface area contributed by atoms with Gasteiger partial charge in [-0.05, 0) is 103 Å². The Bertz CT molecular complexity index is 989. The molecule has 0 rings (SSSR count). The van der Waals surface area contributed by atoms with Crippen molar-refractivity contribution in [3.8, 4) is 0 Å². The number of hydrogen-bond donors (Lipinski definition) is 3. The van der Waals surface area contributed by atoms with Crippen LogP contribution in [0.3, 0.4) is 0 Å². The zero-order chi connectivity index (χ0) is 39.6. The van der Waals surface area contributed by atoms with E-state index in [-0.39, 0.29) is 18.0 Å². The molecule has 2 atom stereocenters. The third kappa shape index (κ3) is 37.6. The smallest absolute Gasteiger partial charge is 0.326 e. The van der Waals surface area contributed by atoms with Crippen molar-refractivity contribution in [1.29, 1.82) is 0 Å². The number of esters is 1. The number of unbranched alkanes of at least 4 members (excludes halogenated alkanes) is 20. The first-order valence-electron chi connectivity index (χ1n) is 22.5. The van der Waals surface area contributed by atoms with Crippen molar-refractivity contribution in [2.75, 3.05) is 6.54 Å². The summed E-state index contributed by atoms with van der Waals surface area (Å²) < 4.78 is 5.95. The lowest BCUT2D eigenvalue weighted by atomic mass is 10.0. The molecular weight excluding hydrogens is 673 g/mol. The van der Waals surface area contributed by atoms with E-state index < -0.39 is 12.0 Å². The highest BCUT2D eigenvalue weighted by Crippen LogP contribution is 2.16. The zero-order valence-corrected chi connectivity index (χ0v) is 35.1. The molecule has 0 heterocycles. The van der Waals surface area contributed by atoms with Gasteiger partial charge < -0.3 is 20.9 Å². The molecule has 0 aliphatic carbocycles. The van der Waals surface area contributed by atoms with E-state index in [9.17, 15) is 19.5 Å². The molecule has 0 saturated carbocycles. The highest BCUT2D eigenvalue weighted by Gasteiger charge is 2.18. The van der Waals surface area contributed by atoms with Crippen LogP contribution in [-0.2, 0) is 19.1 Å². The molecule has 0 saturated heterocycles. The number of allylic oxidation sites excluding steroid dienone is 7. The lowest BCUT2D eigenvalue weighted by Crippen LogP contribution is -2.40. The Kier molecular flexibility index (Phi) is 39.4. The molecule has 0 aliphatic heterocycles. The highest BCUT2D eigenvalue weighted by atomic mass is 16.5. The van der Waals surface area contributed by atoms with Crippen LogP contribution in [-0.4, -0.2) is 41.6 Å². The average Bonchev–Trinajstić information content (AvgIpc) is 3.16. The van der Waals surface area contributed by atoms with E-state index in [0.717, 1.165) is 77.0 Å². The molecule has 312 valence electrons. The normalized spacial score (nSPS) is 13.1. The van der Waals surface area contributed by atoms with Crippen molar-refractivity contribution in [2.45, 2.75) is 225 Å². The topological polar surface area (TPSA) is 119 Å². The maximum Gasteiger partial charge on any atom is 0.326 e. The Morgan fingerprint density at radius 1 is 0.556 bits per heavy atom. The van der Waals surface area contributed by atoms with Crippen LogP contribution in [0.5, 0.6) is 0 Å². The number of carboxylic acid groups (broad SMARTS) is 1. The van der Waals surface area contributed by atoms with Crippen molar-refractivity contribution in [3.63, 3.8) is 0 Å². The van der Waals surface area contributed by atoms with E-state index in [1.807, 2.05) is 0 Å². The zero-order valence-electron chi connectivity index (χ0n) is 35.1. The molecule has 0 fully saturated rings. The summed E-state index contributed by atoms with van der Waals surface area (Å²) in [6.45, 7) is 4.90. The maximum absolute atomic E-state index is 12.8. The molecule has 2 unspecified atom stereocenters. The van der Waals surface area contributed by atoms with Gasteiger partial charge in [0.25, 0.3) is 0 Å². The third-order valence-corrected chi connectivity index (χ3v) is 9.85. The number of carbonyl (C=O) groups excluding carboxylic acids is 2. The predicted octanol–water partition coefficient (Wildman–Crippen LogP) is 12.8. The molecular formula is C47H84N2O5. The monoisotopic (exact) mass is 757 g/mol. The molecule has 54 heavy (non-hydrogen) atoms. The van der Waals surface area contributed by atoms with Crippen molar-refractivity contribution < 1.29 is 24.2 Å². The summed E-state index contributed by atoms with van der Waals surface area (Å²) in [6, 6.07) is -0.857. The van der Waals surface area contributed by atoms with Crippen LogP contribution in [0.25, 0.3) is 0 Å². The number of nitrogens with two attached hydrogens (primary N) is 1. The van der Waals surface area contributed by atoms with E-state index in [1.54, 1.807) is 0 Å². The van der Waals surface area contributed by atoms with Gasteiger partial charge in [0.2, 0.25) is 5.91 Å². The Balaban J connectivity index is 4.28. The van der Waals surface area contributed by atoms with Crippen LogP contribution in [0.4, 0.5) is 0 Å². The summed E-state index contributed by atoms with van der Waals surface area (Å²) in [5, 5.41) is 11.9. The molecule has 0 aromatic rings. The van der Waals surface area contributed by atoms with Crippen LogP contribution < -0.4 is 11.1 Å². The molecule has 0 bridgehead atoms. The van der Waals surface area contributed by atoms with Crippen LogP contribution in [0.2, 0.25) is 0 Å². The number of hydrogen-bond acceptors (Lipinski definition) is 5. The molecule has 0 aromatic heterocycles. The van der Waals surface area contributed by atoms with Gasteiger partial charge in [-0.1, -0.05) is 153 Å². The average molecular weight is 757 g/mol. The molecule has 0 aromatic carbocycles. The standard InChI is InChI=1S/C47H84N2O5/c1-3-5-7-9-11-13-14-15-16-17-18-19-20-21-23-25-31-35-41-46(51)54-43(37-32-28-24-22-12-10-8-6-4-2)38-33-29-26-27-30-34-40-45(50)49-44(47(52)53)39-36-42-48/h13-14,16-17,22,24,32,37,43-44H,3-12,15,18-21,23,25-31,33-36,38-42,48H2,1-2H3,(H,49,50)(H,52,53)/b14-13-,17-16-,24-22-,37-32-. The summed E-state index contributed by atoms with van der Waals surface area (Å²) in [5.74, 6) is -1.29. The quantitative estimate of drug-likeness (QED) is 0.0325. The van der Waals surface area contributed by atoms with Crippen molar-refractivity contribution in [1.82, 2.24) is 5.32 Å². The number of aliphatic carboxylic acids is 1. The number of carbonyl (C=O) groups is 3. The van der Waals surface area contributed by atoms with Crippen molar-refractivity contribution in [3.05, 3.63) is 48.6 Å². The Morgan fingerprint density at radius 2 is 1.02 bits per heavy atom. The SMILES string of the molecule is CCCCCC/C=C\C/C=C\CCCCCCCCCC(=O)OC(/C=C\C/C=C\CCCCCC)CCCCCCCCC(=O)NC(CCCN)C(=O)O. The van der Waals surface area contributed by atoms with Gasteiger partial charge in [-0.2, -0.15) is 0 Å². The second kappa shape index (κ2) is 41.5. The fraction of sp³-hybridized carbons (Fsp3) is 0.766. The summed E-state index contributed by atoms with van der Waals surface area (Å²) in [4.78, 5) is 36.3. The van der Waals surface area contributed by atoms with Crippen LogP contribution in [0.1, 0.15) is 213 Å². The van der Waals surface area contributed by atoms with Crippen molar-refractivity contribution in [2.24, 2.45) is 5.73 Å². The molecule has 0 radical (unpaired) electrons. The lowest BCUT2D eigenvalue weighted by Gasteiger charge is -2.15. The lowest BCUT2D eigenvalue weighted by molar-refractivity contribution is -0.147. The van der Waals surface area contributed by atoms with Crippen LogP contribution in [0, 0.1) is 0 Å². The number of rotatable bonds is 40. The van der Waals surface area contributed by atoms with Crippen molar-refractivity contribution >= 4 is 17.8 Å². The molecule has 1 amide bonds. The van der Waals surface area contributed by atoms with Gasteiger partial charge in [-0.25, -0.2) is 4.79 Å². The summed E-state index contributed by atoms with van der Waals surface area (Å²) in [6.07, 6.45) is 50.3. The number of nitrogens with one attached hydrogen (secondary N) is 1. The Morgan fingerprint density at radius 3 is 1.54 bits per heavy atom. The number of amides is 1. The van der Waals surface area contributed by atoms with E-state index in [1.165, 1.54) is 96.3 Å². The largest absolute Gasteiger partial charge is 0.480 e. The van der Waals surface area contributed by atoms with E-state index in [4.69, 9.17) is 10.5 Å². The van der Waals surface area contributed by atoms with Gasteiger partial charge in [0.1, 0.15) is 12.1 Å². The van der Waals surface area contributed by atoms with Gasteiger partial charge in [0.05, 0.1) is 0 Å². The first-order valence-corrected chi connectivity index (χ1v) is 22.5. The summed E-state index contributed by atoms with van der Waals surface area (Å²) in [5.41, 5.74) is 5.48. The van der Waals surface area contributed by atoms with E-state index in [2.05, 4.69) is 67.8 Å². The van der Waals surface area contributed by atoms with Gasteiger partial charge in [-0.15, -0.1) is 0 Å². The predicted molar refractivity (Wildman–Crippen MR) is 230 cm³/mol. The summed E-state index contributed by atoms with van der Waals surface area (Å²) >= 11 is 0. The Labute approximate surface area is 332 Å². The maximum atomic E-state index is 12.8. The Hall–Kier alpha value is -2.67. The van der Waals surface area contributed by atoms with Gasteiger partial charge in [0, 0.05) is 12.8 Å². The second-order valence-corrected chi connectivity index (χ2v) is 15.1. The van der Waals surface area contributed by atoms with Gasteiger partial charge >= 0.3 is 11.9 Å². The molecule has 0 aliphatic rings. The molecule has 4 N–H and O–H groups in total. The van der Waals surface area contributed by atoms with E-state index >= 15 is 0 Å². The fourth-order valence-electron chi connectivity index (χ4n) is 6.43. The molecule has 7 heteroatoms. The molecule has 7 nitrogen and oxygen atoms in total. The minimum Gasteiger partial charge on any atom is -0.480 e. The summed E-state index contributed by atoms with van der Waals surface area (Å²) in [7, 11) is 0. The minimum atomic E-state index is -1.01. The number of carboxylic acids is 1. The first-order chi connectivity index (χ1) is 26.4. The minimum absolute atomic E-state index is 0.0827. The van der Waals surface area contributed by atoms with Gasteiger partial charge in [0.15, 0.2) is 0 Å². The molecule has 0 spiro atoms. The first kappa shape index (κ1) is 51.3. The highest BCUT2D eigenvalue weighted by molar-refractivity contribution is 5.83.